The molecule has 5 nitrogen and oxygen atoms in total. The smallest absolute Gasteiger partial charge is 0.326 e. The van der Waals surface area contributed by atoms with Crippen molar-refractivity contribution in [2.75, 3.05) is 20.6 Å². The summed E-state index contributed by atoms with van der Waals surface area (Å²) in [6.07, 6.45) is 5.22. The maximum atomic E-state index is 12.2. The average molecular weight is 268 g/mol. The molecule has 0 aromatic heterocycles. The molecular formula is C14H24N2O3. The van der Waals surface area contributed by atoms with Crippen LogP contribution in [-0.4, -0.2) is 53.6 Å². The van der Waals surface area contributed by atoms with E-state index in [-0.39, 0.29) is 6.03 Å². The highest BCUT2D eigenvalue weighted by Gasteiger charge is 2.40. The molecule has 1 N–H and O–H groups in total. The Hall–Kier alpha value is -1.26. The van der Waals surface area contributed by atoms with Gasteiger partial charge >= 0.3 is 12.0 Å². The second-order valence-corrected chi connectivity index (χ2v) is 6.22. The molecule has 2 aliphatic carbocycles. The Kier molecular flexibility index (Phi) is 4.02. The van der Waals surface area contributed by atoms with Crippen molar-refractivity contribution in [1.82, 2.24) is 9.80 Å². The second-order valence-electron chi connectivity index (χ2n) is 6.22. The van der Waals surface area contributed by atoms with Crippen molar-refractivity contribution in [2.24, 2.45) is 17.8 Å². The first-order valence-electron chi connectivity index (χ1n) is 7.11. The Balaban J connectivity index is 1.87. The number of likely N-dealkylation sites (N-methyl/N-ethyl adjacent to an activating group) is 1. The summed E-state index contributed by atoms with van der Waals surface area (Å²) in [7, 11) is 3.33. The Morgan fingerprint density at radius 3 is 2.42 bits per heavy atom. The van der Waals surface area contributed by atoms with Gasteiger partial charge in [-0.05, 0) is 43.9 Å². The monoisotopic (exact) mass is 268 g/mol. The van der Waals surface area contributed by atoms with E-state index >= 15 is 0 Å². The van der Waals surface area contributed by atoms with E-state index in [4.69, 9.17) is 5.11 Å². The quantitative estimate of drug-likeness (QED) is 0.847. The molecule has 0 heterocycles. The number of carboxylic acid groups (broad SMARTS) is 1. The highest BCUT2D eigenvalue weighted by molar-refractivity contribution is 5.82. The molecule has 19 heavy (non-hydrogen) atoms. The lowest BCUT2D eigenvalue weighted by atomic mass is 9.88. The summed E-state index contributed by atoms with van der Waals surface area (Å²) < 4.78 is 0. The van der Waals surface area contributed by atoms with Crippen LogP contribution in [0.3, 0.4) is 0 Å². The number of hydrogen-bond donors (Lipinski definition) is 1. The maximum absolute atomic E-state index is 12.2. The third-order valence-electron chi connectivity index (χ3n) is 4.96. The van der Waals surface area contributed by atoms with Crippen molar-refractivity contribution in [1.29, 1.82) is 0 Å². The van der Waals surface area contributed by atoms with Gasteiger partial charge in [-0.3, -0.25) is 0 Å². The molecule has 2 saturated carbocycles. The fourth-order valence-corrected chi connectivity index (χ4v) is 3.63. The number of carbonyl (C=O) groups excluding carboxylic acids is 1. The van der Waals surface area contributed by atoms with Crippen molar-refractivity contribution in [3.05, 3.63) is 0 Å². The van der Waals surface area contributed by atoms with Gasteiger partial charge in [-0.25, -0.2) is 9.59 Å². The first-order valence-corrected chi connectivity index (χ1v) is 7.11. The molecule has 0 saturated heterocycles. The van der Waals surface area contributed by atoms with Crippen LogP contribution >= 0.6 is 0 Å². The highest BCUT2D eigenvalue weighted by Crippen LogP contribution is 2.48. The third-order valence-corrected chi connectivity index (χ3v) is 4.96. The summed E-state index contributed by atoms with van der Waals surface area (Å²) in [5.41, 5.74) is 0. The summed E-state index contributed by atoms with van der Waals surface area (Å²) in [5, 5.41) is 8.94. The summed E-state index contributed by atoms with van der Waals surface area (Å²) in [6.45, 7) is 2.29. The first kappa shape index (κ1) is 14.2. The van der Waals surface area contributed by atoms with E-state index in [1.54, 1.807) is 19.0 Å². The first-order chi connectivity index (χ1) is 8.90. The van der Waals surface area contributed by atoms with E-state index in [0.29, 0.717) is 5.92 Å². The Morgan fingerprint density at radius 2 is 1.95 bits per heavy atom. The topological polar surface area (TPSA) is 60.9 Å². The van der Waals surface area contributed by atoms with Crippen LogP contribution in [-0.2, 0) is 4.79 Å². The summed E-state index contributed by atoms with van der Waals surface area (Å²) >= 11 is 0. The molecule has 0 spiro atoms. The molecule has 2 bridgehead atoms. The van der Waals surface area contributed by atoms with E-state index in [0.717, 1.165) is 18.4 Å². The van der Waals surface area contributed by atoms with Gasteiger partial charge in [-0.15, -0.1) is 0 Å². The number of hydrogen-bond acceptors (Lipinski definition) is 2. The van der Waals surface area contributed by atoms with E-state index in [9.17, 15) is 9.59 Å². The Morgan fingerprint density at radius 1 is 1.26 bits per heavy atom. The maximum Gasteiger partial charge on any atom is 0.326 e. The number of urea groups is 1. The van der Waals surface area contributed by atoms with Crippen LogP contribution in [0.4, 0.5) is 4.79 Å². The molecule has 5 heteroatoms. The van der Waals surface area contributed by atoms with Gasteiger partial charge in [0.2, 0.25) is 0 Å². The van der Waals surface area contributed by atoms with Gasteiger partial charge < -0.3 is 14.9 Å². The molecule has 0 aromatic carbocycles. The minimum atomic E-state index is -0.968. The zero-order valence-corrected chi connectivity index (χ0v) is 12.0. The minimum absolute atomic E-state index is 0.197. The van der Waals surface area contributed by atoms with E-state index in [1.165, 1.54) is 37.5 Å². The van der Waals surface area contributed by atoms with Gasteiger partial charge in [0.05, 0.1) is 0 Å². The number of amides is 2. The summed E-state index contributed by atoms with van der Waals surface area (Å²) in [5.74, 6) is 1.29. The summed E-state index contributed by atoms with van der Waals surface area (Å²) in [4.78, 5) is 26.1. The normalized spacial score (nSPS) is 30.2. The Bertz CT molecular complexity index is 372. The van der Waals surface area contributed by atoms with Crippen molar-refractivity contribution < 1.29 is 14.7 Å². The Labute approximate surface area is 114 Å². The van der Waals surface area contributed by atoms with Crippen molar-refractivity contribution in [3.8, 4) is 0 Å². The average Bonchev–Trinajstić information content (AvgIpc) is 2.97. The zero-order valence-electron chi connectivity index (χ0n) is 12.0. The van der Waals surface area contributed by atoms with Crippen LogP contribution < -0.4 is 0 Å². The molecule has 0 radical (unpaired) electrons. The zero-order chi connectivity index (χ0) is 14.2. The molecule has 0 aliphatic heterocycles. The van der Waals surface area contributed by atoms with Gasteiger partial charge in [0.1, 0.15) is 6.04 Å². The predicted molar refractivity (Wildman–Crippen MR) is 71.8 cm³/mol. The third kappa shape index (κ3) is 2.85. The van der Waals surface area contributed by atoms with E-state index in [1.807, 2.05) is 0 Å². The number of carboxylic acids is 1. The van der Waals surface area contributed by atoms with Gasteiger partial charge in [-0.1, -0.05) is 6.42 Å². The fourth-order valence-electron chi connectivity index (χ4n) is 3.63. The second kappa shape index (κ2) is 5.39. The van der Waals surface area contributed by atoms with Crippen molar-refractivity contribution >= 4 is 12.0 Å². The molecule has 0 aromatic rings. The molecule has 4 atom stereocenters. The van der Waals surface area contributed by atoms with Gasteiger partial charge in [-0.2, -0.15) is 0 Å². The van der Waals surface area contributed by atoms with Crippen LogP contribution in [0.2, 0.25) is 0 Å². The SMILES string of the molecule is CC(C(=O)O)N(C)C(=O)N(C)CC1CC2CCC1C2. The van der Waals surface area contributed by atoms with E-state index in [2.05, 4.69) is 0 Å². The van der Waals surface area contributed by atoms with Crippen LogP contribution in [0.25, 0.3) is 0 Å². The molecule has 2 amide bonds. The summed E-state index contributed by atoms with van der Waals surface area (Å²) in [6, 6.07) is -0.979. The van der Waals surface area contributed by atoms with Gasteiger partial charge in [0.25, 0.3) is 0 Å². The van der Waals surface area contributed by atoms with Crippen LogP contribution in [0, 0.1) is 17.8 Å². The predicted octanol–water partition coefficient (Wildman–Crippen LogP) is 1.88. The molecular weight excluding hydrogens is 244 g/mol. The molecule has 2 aliphatic rings. The number of aliphatic carboxylic acids is 1. The number of fused-ring (bicyclic) bond motifs is 2. The lowest BCUT2D eigenvalue weighted by Crippen LogP contribution is -2.47. The number of nitrogens with zero attached hydrogens (tertiary/aromatic N) is 2. The molecule has 108 valence electrons. The van der Waals surface area contributed by atoms with Gasteiger partial charge in [0, 0.05) is 20.6 Å². The fraction of sp³-hybridized carbons (Fsp3) is 0.857. The molecule has 2 rings (SSSR count). The van der Waals surface area contributed by atoms with Gasteiger partial charge in [0.15, 0.2) is 0 Å². The van der Waals surface area contributed by atoms with E-state index < -0.39 is 12.0 Å². The minimum Gasteiger partial charge on any atom is -0.480 e. The van der Waals surface area contributed by atoms with Crippen molar-refractivity contribution in [3.63, 3.8) is 0 Å². The number of rotatable bonds is 4. The largest absolute Gasteiger partial charge is 0.480 e. The van der Waals surface area contributed by atoms with Crippen molar-refractivity contribution in [2.45, 2.75) is 38.6 Å². The van der Waals surface area contributed by atoms with Crippen LogP contribution in [0.1, 0.15) is 32.6 Å². The molecule has 2 fully saturated rings. The van der Waals surface area contributed by atoms with Crippen LogP contribution in [0.5, 0.6) is 0 Å². The lowest BCUT2D eigenvalue weighted by Gasteiger charge is -2.31. The standard InChI is InChI=1S/C14H24N2O3/c1-9(13(17)18)16(3)14(19)15(2)8-12-7-10-4-5-11(12)6-10/h9-12H,4-8H2,1-3H3,(H,17,18). The van der Waals surface area contributed by atoms with Crippen LogP contribution in [0.15, 0.2) is 0 Å². The highest BCUT2D eigenvalue weighted by atomic mass is 16.4. The molecule has 4 unspecified atom stereocenters. The lowest BCUT2D eigenvalue weighted by molar-refractivity contribution is -0.141. The number of carbonyl (C=O) groups is 2.